The van der Waals surface area contributed by atoms with Crippen molar-refractivity contribution in [3.63, 3.8) is 0 Å². The average Bonchev–Trinajstić information content (AvgIpc) is 2.79. The van der Waals surface area contributed by atoms with E-state index in [-0.39, 0.29) is 23.7 Å². The molecule has 0 unspecified atom stereocenters. The second kappa shape index (κ2) is 9.10. The zero-order valence-electron chi connectivity index (χ0n) is 18.4. The van der Waals surface area contributed by atoms with Crippen molar-refractivity contribution in [3.05, 3.63) is 93.6 Å². The Morgan fingerprint density at radius 2 is 1.62 bits per heavy atom. The summed E-state index contributed by atoms with van der Waals surface area (Å²) in [5, 5.41) is 3.21. The first-order chi connectivity index (χ1) is 15.4. The molecule has 1 aromatic heterocycles. The summed E-state index contributed by atoms with van der Waals surface area (Å²) >= 11 is 0. The van der Waals surface area contributed by atoms with Gasteiger partial charge in [-0.2, -0.15) is 0 Å². The molecule has 1 heterocycles. The summed E-state index contributed by atoms with van der Waals surface area (Å²) in [6.45, 7) is 5.69. The smallest absolute Gasteiger partial charge is 0.262 e. The van der Waals surface area contributed by atoms with E-state index in [2.05, 4.69) is 12.2 Å². The van der Waals surface area contributed by atoms with Gasteiger partial charge in [0.15, 0.2) is 12.4 Å². The molecule has 4 aromatic rings. The molecular formula is C27H25NO4. The Bertz CT molecular complexity index is 1320. The molecule has 3 aromatic carbocycles. The van der Waals surface area contributed by atoms with Crippen LogP contribution in [0.25, 0.3) is 22.3 Å². The van der Waals surface area contributed by atoms with E-state index >= 15 is 0 Å². The van der Waals surface area contributed by atoms with Crippen LogP contribution in [0.15, 0.2) is 75.9 Å². The third-order valence-corrected chi connectivity index (χ3v) is 5.31. The molecule has 0 atom stereocenters. The van der Waals surface area contributed by atoms with E-state index in [4.69, 9.17) is 9.15 Å². The van der Waals surface area contributed by atoms with Crippen LogP contribution in [0.2, 0.25) is 0 Å². The van der Waals surface area contributed by atoms with E-state index in [1.165, 1.54) is 5.56 Å². The number of ether oxygens (including phenoxy) is 1. The molecule has 0 aliphatic heterocycles. The number of amides is 1. The van der Waals surface area contributed by atoms with Gasteiger partial charge in [0, 0.05) is 11.3 Å². The maximum Gasteiger partial charge on any atom is 0.262 e. The van der Waals surface area contributed by atoms with E-state index in [1.54, 1.807) is 6.07 Å². The number of carbonyl (C=O) groups is 1. The van der Waals surface area contributed by atoms with E-state index in [0.717, 1.165) is 17.5 Å². The highest BCUT2D eigenvalue weighted by molar-refractivity contribution is 5.92. The Hall–Kier alpha value is -3.86. The lowest BCUT2D eigenvalue weighted by atomic mass is 10.1. The largest absolute Gasteiger partial charge is 0.476 e. The molecule has 5 nitrogen and oxygen atoms in total. The summed E-state index contributed by atoms with van der Waals surface area (Å²) in [5.41, 5.74) is 4.82. The van der Waals surface area contributed by atoms with E-state index in [9.17, 15) is 9.59 Å². The monoisotopic (exact) mass is 427 g/mol. The molecule has 0 bridgehead atoms. The fourth-order valence-electron chi connectivity index (χ4n) is 3.47. The Morgan fingerprint density at radius 3 is 2.31 bits per heavy atom. The Labute approximate surface area is 186 Å². The average molecular weight is 428 g/mol. The quantitative estimate of drug-likeness (QED) is 0.431. The van der Waals surface area contributed by atoms with Crippen LogP contribution >= 0.6 is 0 Å². The maximum absolute atomic E-state index is 13.2. The van der Waals surface area contributed by atoms with Crippen LogP contribution in [-0.2, 0) is 11.2 Å². The van der Waals surface area contributed by atoms with Gasteiger partial charge in [-0.15, -0.1) is 0 Å². The summed E-state index contributed by atoms with van der Waals surface area (Å²) in [4.78, 5) is 25.7. The number of benzene rings is 3. The van der Waals surface area contributed by atoms with Gasteiger partial charge in [0.05, 0.1) is 5.39 Å². The van der Waals surface area contributed by atoms with Crippen LogP contribution in [0.4, 0.5) is 5.69 Å². The second-order valence-corrected chi connectivity index (χ2v) is 7.84. The first-order valence-corrected chi connectivity index (χ1v) is 10.6. The summed E-state index contributed by atoms with van der Waals surface area (Å²) in [6.07, 6.45) is 0.927. The highest BCUT2D eigenvalue weighted by Crippen LogP contribution is 2.31. The van der Waals surface area contributed by atoms with Crippen molar-refractivity contribution in [1.29, 1.82) is 0 Å². The molecule has 0 saturated heterocycles. The molecule has 0 radical (unpaired) electrons. The molecule has 162 valence electrons. The summed E-state index contributed by atoms with van der Waals surface area (Å²) in [7, 11) is 0. The Morgan fingerprint density at radius 1 is 0.938 bits per heavy atom. The topological polar surface area (TPSA) is 68.5 Å². The third-order valence-electron chi connectivity index (χ3n) is 5.31. The zero-order valence-corrected chi connectivity index (χ0v) is 18.4. The highest BCUT2D eigenvalue weighted by Gasteiger charge is 2.19. The van der Waals surface area contributed by atoms with Crippen LogP contribution in [0.1, 0.15) is 23.6 Å². The lowest BCUT2D eigenvalue weighted by molar-refractivity contribution is -0.118. The molecule has 1 amide bonds. The number of aryl methyl sites for hydroxylation is 3. The van der Waals surface area contributed by atoms with Crippen LogP contribution in [-0.4, -0.2) is 12.5 Å². The van der Waals surface area contributed by atoms with Gasteiger partial charge in [0.25, 0.3) is 5.91 Å². The first kappa shape index (κ1) is 21.4. The van der Waals surface area contributed by atoms with Gasteiger partial charge in [0.2, 0.25) is 11.2 Å². The summed E-state index contributed by atoms with van der Waals surface area (Å²) in [6, 6.07) is 20.6. The first-order valence-electron chi connectivity index (χ1n) is 10.6. The van der Waals surface area contributed by atoms with E-state index in [0.29, 0.717) is 28.0 Å². The summed E-state index contributed by atoms with van der Waals surface area (Å²) in [5.74, 6) is -0.0117. The minimum absolute atomic E-state index is 0.0293. The van der Waals surface area contributed by atoms with Gasteiger partial charge in [-0.3, -0.25) is 9.59 Å². The van der Waals surface area contributed by atoms with Gasteiger partial charge >= 0.3 is 0 Å². The highest BCUT2D eigenvalue weighted by atomic mass is 16.5. The Balaban J connectivity index is 1.65. The van der Waals surface area contributed by atoms with Gasteiger partial charge in [-0.25, -0.2) is 0 Å². The van der Waals surface area contributed by atoms with Crippen molar-refractivity contribution < 1.29 is 13.9 Å². The second-order valence-electron chi connectivity index (χ2n) is 7.84. The molecule has 0 spiro atoms. The molecule has 0 saturated carbocycles. The van der Waals surface area contributed by atoms with Crippen molar-refractivity contribution >= 4 is 22.6 Å². The molecule has 0 aliphatic carbocycles. The van der Waals surface area contributed by atoms with Gasteiger partial charge < -0.3 is 14.5 Å². The predicted molar refractivity (Wildman–Crippen MR) is 127 cm³/mol. The van der Waals surface area contributed by atoms with Crippen LogP contribution in [0, 0.1) is 13.8 Å². The molecule has 4 rings (SSSR count). The van der Waals surface area contributed by atoms with Crippen molar-refractivity contribution in [2.24, 2.45) is 0 Å². The molecule has 0 fully saturated rings. The van der Waals surface area contributed by atoms with Crippen LogP contribution in [0.3, 0.4) is 0 Å². The number of rotatable bonds is 6. The molecular weight excluding hydrogens is 402 g/mol. The number of fused-ring (bicyclic) bond motifs is 1. The SMILES string of the molecule is CCc1ccc(NC(=O)COc2c(-c3ccc(C)cc3)oc3cc(C)ccc3c2=O)cc1. The Kier molecular flexibility index (Phi) is 6.08. The number of anilines is 1. The van der Waals surface area contributed by atoms with Crippen LogP contribution < -0.4 is 15.5 Å². The van der Waals surface area contributed by atoms with Crippen molar-refractivity contribution in [2.45, 2.75) is 27.2 Å². The lowest BCUT2D eigenvalue weighted by Crippen LogP contribution is -2.22. The number of hydrogen-bond donors (Lipinski definition) is 1. The van der Waals surface area contributed by atoms with Gasteiger partial charge in [-0.1, -0.05) is 55.0 Å². The maximum atomic E-state index is 13.2. The number of nitrogens with one attached hydrogen (secondary N) is 1. The normalized spacial score (nSPS) is 10.8. The molecule has 32 heavy (non-hydrogen) atoms. The van der Waals surface area contributed by atoms with E-state index in [1.807, 2.05) is 74.5 Å². The standard InChI is InChI=1S/C27H25NO4/c1-4-19-8-12-21(13-9-19)28-24(29)16-31-27-25(30)22-14-7-18(3)15-23(22)32-26(27)20-10-5-17(2)6-11-20/h5-15H,4,16H2,1-3H3,(H,28,29). The van der Waals surface area contributed by atoms with Crippen molar-refractivity contribution in [1.82, 2.24) is 0 Å². The van der Waals surface area contributed by atoms with E-state index < -0.39 is 0 Å². The fraction of sp³-hybridized carbons (Fsp3) is 0.185. The van der Waals surface area contributed by atoms with Gasteiger partial charge in [-0.05, 0) is 55.7 Å². The molecule has 5 heteroatoms. The minimum Gasteiger partial charge on any atom is -0.476 e. The summed E-state index contributed by atoms with van der Waals surface area (Å²) < 4.78 is 11.9. The minimum atomic E-state index is -0.354. The lowest BCUT2D eigenvalue weighted by Gasteiger charge is -2.12. The number of carbonyl (C=O) groups excluding carboxylic acids is 1. The molecule has 1 N–H and O–H groups in total. The van der Waals surface area contributed by atoms with Crippen LogP contribution in [0.5, 0.6) is 5.75 Å². The predicted octanol–water partition coefficient (Wildman–Crippen LogP) is 5.66. The van der Waals surface area contributed by atoms with Crippen molar-refractivity contribution in [2.75, 3.05) is 11.9 Å². The van der Waals surface area contributed by atoms with Gasteiger partial charge in [0.1, 0.15) is 5.58 Å². The third kappa shape index (κ3) is 4.57. The molecule has 0 aliphatic rings. The number of hydrogen-bond acceptors (Lipinski definition) is 4. The van der Waals surface area contributed by atoms with Crippen molar-refractivity contribution in [3.8, 4) is 17.1 Å². The fourth-order valence-corrected chi connectivity index (χ4v) is 3.47. The zero-order chi connectivity index (χ0) is 22.7.